The molecule has 3 aromatic rings. The minimum Gasteiger partial charge on any atom is -0.479 e. The van der Waals surface area contributed by atoms with Crippen LogP contribution in [-0.2, 0) is 14.3 Å². The highest BCUT2D eigenvalue weighted by Crippen LogP contribution is 2.23. The van der Waals surface area contributed by atoms with Crippen molar-refractivity contribution in [3.8, 4) is 11.8 Å². The van der Waals surface area contributed by atoms with Gasteiger partial charge in [0.1, 0.15) is 17.1 Å². The Hall–Kier alpha value is -3.79. The molecule has 2 atom stereocenters. The monoisotopic (exact) mass is 392 g/mol. The number of carbonyl (C=O) groups excluding carboxylic acids is 2. The van der Waals surface area contributed by atoms with Gasteiger partial charge in [-0.05, 0) is 50.2 Å². The summed E-state index contributed by atoms with van der Waals surface area (Å²) in [5.41, 5.74) is 1.23. The molecule has 0 spiro atoms. The number of esters is 1. The molecule has 148 valence electrons. The number of fused-ring (bicyclic) bond motifs is 1. The number of rotatable bonds is 7. The Morgan fingerprint density at radius 3 is 2.55 bits per heavy atom. The van der Waals surface area contributed by atoms with Gasteiger partial charge >= 0.3 is 5.97 Å². The quantitative estimate of drug-likeness (QED) is 0.618. The standard InChI is InChI=1S/C22H20N2O5/c1-14(20-11-17-5-3-4-6-19(17)29-20)24-21(25)13-27-22(26)15(2)28-18-9-7-16(12-23)8-10-18/h3-11,14-15H,13H2,1-2H3,(H,24,25)/t14-,15-/m0/s1. The molecule has 0 bridgehead atoms. The number of nitrogens with zero attached hydrogens (tertiary/aromatic N) is 1. The van der Waals surface area contributed by atoms with E-state index in [1.54, 1.807) is 31.2 Å². The number of benzene rings is 2. The summed E-state index contributed by atoms with van der Waals surface area (Å²) in [7, 11) is 0. The third kappa shape index (κ3) is 5.14. The van der Waals surface area contributed by atoms with Crippen molar-refractivity contribution in [3.05, 3.63) is 65.9 Å². The molecule has 7 nitrogen and oxygen atoms in total. The van der Waals surface area contributed by atoms with E-state index in [4.69, 9.17) is 19.2 Å². The smallest absolute Gasteiger partial charge is 0.347 e. The molecule has 3 rings (SSSR count). The Bertz CT molecular complexity index is 1020. The number of nitrogens with one attached hydrogen (secondary N) is 1. The van der Waals surface area contributed by atoms with Gasteiger partial charge in [-0.1, -0.05) is 18.2 Å². The summed E-state index contributed by atoms with van der Waals surface area (Å²) in [5, 5.41) is 12.5. The molecule has 0 saturated heterocycles. The van der Waals surface area contributed by atoms with Gasteiger partial charge in [0.15, 0.2) is 12.7 Å². The fraction of sp³-hybridized carbons (Fsp3) is 0.227. The molecule has 0 fully saturated rings. The van der Waals surface area contributed by atoms with Gasteiger partial charge in [-0.15, -0.1) is 0 Å². The number of nitriles is 1. The first-order valence-corrected chi connectivity index (χ1v) is 9.07. The maximum atomic E-state index is 12.1. The van der Waals surface area contributed by atoms with Gasteiger partial charge in [-0.25, -0.2) is 4.79 Å². The van der Waals surface area contributed by atoms with E-state index in [-0.39, 0.29) is 6.04 Å². The lowest BCUT2D eigenvalue weighted by Gasteiger charge is -2.15. The summed E-state index contributed by atoms with van der Waals surface area (Å²) < 4.78 is 16.2. The van der Waals surface area contributed by atoms with E-state index in [1.165, 1.54) is 6.92 Å². The van der Waals surface area contributed by atoms with E-state index in [0.29, 0.717) is 17.1 Å². The van der Waals surface area contributed by atoms with Crippen molar-refractivity contribution in [3.63, 3.8) is 0 Å². The van der Waals surface area contributed by atoms with Gasteiger partial charge < -0.3 is 19.2 Å². The van der Waals surface area contributed by atoms with Gasteiger partial charge in [0, 0.05) is 5.39 Å². The van der Waals surface area contributed by atoms with Crippen LogP contribution in [-0.4, -0.2) is 24.6 Å². The lowest BCUT2D eigenvalue weighted by molar-refractivity contribution is -0.154. The number of para-hydroxylation sites is 1. The van der Waals surface area contributed by atoms with Crippen LogP contribution in [0.5, 0.6) is 5.75 Å². The summed E-state index contributed by atoms with van der Waals surface area (Å²) in [6.45, 7) is 2.88. The molecule has 2 aromatic carbocycles. The molecule has 1 aromatic heterocycles. The molecule has 1 heterocycles. The zero-order valence-electron chi connectivity index (χ0n) is 16.0. The molecule has 7 heteroatoms. The molecule has 0 unspecified atom stereocenters. The lowest BCUT2D eigenvalue weighted by Crippen LogP contribution is -2.34. The second kappa shape index (κ2) is 8.93. The fourth-order valence-electron chi connectivity index (χ4n) is 2.68. The first kappa shape index (κ1) is 20.0. The van der Waals surface area contributed by atoms with Crippen LogP contribution in [0, 0.1) is 11.3 Å². The summed E-state index contributed by atoms with van der Waals surface area (Å²) in [6.07, 6.45) is -0.900. The van der Waals surface area contributed by atoms with Crippen molar-refractivity contribution in [2.45, 2.75) is 26.0 Å². The highest BCUT2D eigenvalue weighted by Gasteiger charge is 2.19. The summed E-state index contributed by atoms with van der Waals surface area (Å²) in [5.74, 6) is -0.0717. The number of hydrogen-bond acceptors (Lipinski definition) is 6. The molecule has 1 N–H and O–H groups in total. The van der Waals surface area contributed by atoms with E-state index in [2.05, 4.69) is 5.32 Å². The minimum absolute atomic E-state index is 0.374. The van der Waals surface area contributed by atoms with Crippen molar-refractivity contribution < 1.29 is 23.5 Å². The molecule has 0 radical (unpaired) electrons. The molecule has 0 aliphatic rings. The van der Waals surface area contributed by atoms with Gasteiger partial charge in [0.2, 0.25) is 0 Å². The Morgan fingerprint density at radius 1 is 1.14 bits per heavy atom. The number of furan rings is 1. The number of ether oxygens (including phenoxy) is 2. The molecule has 0 aliphatic carbocycles. The second-order valence-electron chi connectivity index (χ2n) is 6.48. The van der Waals surface area contributed by atoms with Gasteiger partial charge in [-0.3, -0.25) is 4.79 Å². The predicted octanol–water partition coefficient (Wildman–Crippen LogP) is 3.49. The number of hydrogen-bond donors (Lipinski definition) is 1. The molecular weight excluding hydrogens is 372 g/mol. The van der Waals surface area contributed by atoms with Crippen molar-refractivity contribution in [2.24, 2.45) is 0 Å². The lowest BCUT2D eigenvalue weighted by atomic mass is 10.2. The van der Waals surface area contributed by atoms with E-state index >= 15 is 0 Å². The summed E-state index contributed by atoms with van der Waals surface area (Å²) in [6, 6.07) is 17.4. The van der Waals surface area contributed by atoms with Crippen molar-refractivity contribution in [2.75, 3.05) is 6.61 Å². The van der Waals surface area contributed by atoms with E-state index in [9.17, 15) is 9.59 Å². The van der Waals surface area contributed by atoms with Crippen LogP contribution in [0.4, 0.5) is 0 Å². The molecule has 0 saturated carbocycles. The average Bonchev–Trinajstić information content (AvgIpc) is 3.17. The number of carbonyl (C=O) groups is 2. The first-order chi connectivity index (χ1) is 14.0. The molecule has 29 heavy (non-hydrogen) atoms. The molecular formula is C22H20N2O5. The van der Waals surface area contributed by atoms with Crippen molar-refractivity contribution in [1.82, 2.24) is 5.32 Å². The maximum absolute atomic E-state index is 12.1. The first-order valence-electron chi connectivity index (χ1n) is 9.07. The fourth-order valence-corrected chi connectivity index (χ4v) is 2.68. The van der Waals surface area contributed by atoms with Crippen molar-refractivity contribution >= 4 is 22.8 Å². The van der Waals surface area contributed by atoms with Crippen LogP contribution in [0.3, 0.4) is 0 Å². The molecule has 0 aliphatic heterocycles. The average molecular weight is 392 g/mol. The topological polar surface area (TPSA) is 102 Å². The van der Waals surface area contributed by atoms with Crippen molar-refractivity contribution in [1.29, 1.82) is 5.26 Å². The van der Waals surface area contributed by atoms with Crippen LogP contribution in [0.1, 0.15) is 31.2 Å². The summed E-state index contributed by atoms with van der Waals surface area (Å²) >= 11 is 0. The van der Waals surface area contributed by atoms with Crippen LogP contribution >= 0.6 is 0 Å². The third-order valence-electron chi connectivity index (χ3n) is 4.22. The largest absolute Gasteiger partial charge is 0.479 e. The van der Waals surface area contributed by atoms with E-state index in [0.717, 1.165) is 11.0 Å². The Balaban J connectivity index is 1.47. The Kier molecular flexibility index (Phi) is 6.15. The van der Waals surface area contributed by atoms with Crippen LogP contribution in [0.15, 0.2) is 59.0 Å². The van der Waals surface area contributed by atoms with Crippen LogP contribution < -0.4 is 10.1 Å². The maximum Gasteiger partial charge on any atom is 0.347 e. The van der Waals surface area contributed by atoms with Gasteiger partial charge in [-0.2, -0.15) is 5.26 Å². The highest BCUT2D eigenvalue weighted by atomic mass is 16.6. The van der Waals surface area contributed by atoms with Crippen LogP contribution in [0.2, 0.25) is 0 Å². The Labute approximate surface area is 167 Å². The second-order valence-corrected chi connectivity index (χ2v) is 6.48. The number of amides is 1. The van der Waals surface area contributed by atoms with Gasteiger partial charge in [0.25, 0.3) is 5.91 Å². The predicted molar refractivity (Wildman–Crippen MR) is 105 cm³/mol. The van der Waals surface area contributed by atoms with Gasteiger partial charge in [0.05, 0.1) is 17.7 Å². The molecule has 1 amide bonds. The zero-order chi connectivity index (χ0) is 20.8. The Morgan fingerprint density at radius 2 is 1.86 bits per heavy atom. The minimum atomic E-state index is -0.900. The zero-order valence-corrected chi connectivity index (χ0v) is 16.0. The van der Waals surface area contributed by atoms with E-state index < -0.39 is 24.6 Å². The van der Waals surface area contributed by atoms with Crippen LogP contribution in [0.25, 0.3) is 11.0 Å². The SMILES string of the molecule is C[C@H](Oc1ccc(C#N)cc1)C(=O)OCC(=O)N[C@@H](C)c1cc2ccccc2o1. The normalized spacial score (nSPS) is 12.6. The highest BCUT2D eigenvalue weighted by molar-refractivity contribution is 5.82. The van der Waals surface area contributed by atoms with E-state index in [1.807, 2.05) is 36.4 Å². The third-order valence-corrected chi connectivity index (χ3v) is 4.22. The summed E-state index contributed by atoms with van der Waals surface area (Å²) in [4.78, 5) is 24.1.